The van der Waals surface area contributed by atoms with Crippen molar-refractivity contribution < 1.29 is 19.2 Å². The van der Waals surface area contributed by atoms with Crippen LogP contribution in [0.3, 0.4) is 0 Å². The average Bonchev–Trinajstić information content (AvgIpc) is 2.48. The molecule has 0 heterocycles. The topological polar surface area (TPSA) is 68.3 Å². The summed E-state index contributed by atoms with van der Waals surface area (Å²) < 4.78 is 0. The second-order valence-electron chi connectivity index (χ2n) is 7.98. The van der Waals surface area contributed by atoms with Gasteiger partial charge in [-0.1, -0.05) is 55.4 Å². The Balaban J connectivity index is 5.77. The third-order valence-corrected chi connectivity index (χ3v) is 4.48. The van der Waals surface area contributed by atoms with Gasteiger partial charge in [-0.05, 0) is 0 Å². The SMILES string of the molecule is CC(C)C(=O)CC(C(=O)C(C)C)C(CC(=O)C(C)C)C(=O)C(C)C. The van der Waals surface area contributed by atoms with Gasteiger partial charge in [-0.3, -0.25) is 19.2 Å². The Hall–Kier alpha value is -1.32. The Kier molecular flexibility index (Phi) is 9.31. The molecule has 0 fully saturated rings. The van der Waals surface area contributed by atoms with E-state index in [1.54, 1.807) is 55.4 Å². The smallest absolute Gasteiger partial charge is 0.139 e. The predicted octanol–water partition coefficient (Wildman–Crippen LogP) is 3.90. The second-order valence-corrected chi connectivity index (χ2v) is 7.98. The monoisotopic (exact) mass is 338 g/mol. The van der Waals surface area contributed by atoms with Crippen LogP contribution in [0.4, 0.5) is 0 Å². The molecule has 0 aliphatic carbocycles. The second kappa shape index (κ2) is 9.85. The van der Waals surface area contributed by atoms with Gasteiger partial charge >= 0.3 is 0 Å². The van der Waals surface area contributed by atoms with E-state index in [-0.39, 0.29) is 59.6 Å². The van der Waals surface area contributed by atoms with Crippen LogP contribution in [0.25, 0.3) is 0 Å². The van der Waals surface area contributed by atoms with Gasteiger partial charge in [0, 0.05) is 48.3 Å². The molecule has 0 bridgehead atoms. The fourth-order valence-corrected chi connectivity index (χ4v) is 2.64. The molecule has 0 radical (unpaired) electrons. The number of Topliss-reactive ketones (excluding diaryl/α,β-unsaturated/α-hetero) is 4. The summed E-state index contributed by atoms with van der Waals surface area (Å²) in [6.07, 6.45) is 0.0896. The van der Waals surface area contributed by atoms with Crippen molar-refractivity contribution in [2.24, 2.45) is 35.5 Å². The van der Waals surface area contributed by atoms with Crippen LogP contribution >= 0.6 is 0 Å². The molecule has 0 aromatic rings. The molecule has 0 spiro atoms. The van der Waals surface area contributed by atoms with Crippen LogP contribution in [0.2, 0.25) is 0 Å². The fraction of sp³-hybridized carbons (Fsp3) is 0.800. The zero-order valence-electron chi connectivity index (χ0n) is 16.5. The first-order valence-electron chi connectivity index (χ1n) is 9.02. The van der Waals surface area contributed by atoms with Gasteiger partial charge in [0.25, 0.3) is 0 Å². The molecule has 24 heavy (non-hydrogen) atoms. The van der Waals surface area contributed by atoms with Crippen molar-refractivity contribution in [1.29, 1.82) is 0 Å². The van der Waals surface area contributed by atoms with Gasteiger partial charge in [-0.15, -0.1) is 0 Å². The van der Waals surface area contributed by atoms with Crippen LogP contribution in [0.5, 0.6) is 0 Å². The molecule has 0 aromatic carbocycles. The van der Waals surface area contributed by atoms with Gasteiger partial charge in [0.1, 0.15) is 23.1 Å². The van der Waals surface area contributed by atoms with Crippen molar-refractivity contribution in [1.82, 2.24) is 0 Å². The van der Waals surface area contributed by atoms with Crippen molar-refractivity contribution in [3.63, 3.8) is 0 Å². The highest BCUT2D eigenvalue weighted by molar-refractivity contribution is 5.97. The van der Waals surface area contributed by atoms with E-state index in [1.807, 2.05) is 0 Å². The maximum absolute atomic E-state index is 12.7. The predicted molar refractivity (Wildman–Crippen MR) is 95.6 cm³/mol. The first-order valence-corrected chi connectivity index (χ1v) is 9.02. The minimum atomic E-state index is -0.697. The van der Waals surface area contributed by atoms with E-state index < -0.39 is 11.8 Å². The minimum absolute atomic E-state index is 0.0347. The van der Waals surface area contributed by atoms with Crippen LogP contribution in [-0.2, 0) is 19.2 Å². The minimum Gasteiger partial charge on any atom is -0.299 e. The Labute approximate surface area is 146 Å². The third kappa shape index (κ3) is 6.66. The highest BCUT2D eigenvalue weighted by atomic mass is 16.1. The molecule has 2 atom stereocenters. The number of hydrogen-bond acceptors (Lipinski definition) is 4. The van der Waals surface area contributed by atoms with Crippen molar-refractivity contribution in [2.75, 3.05) is 0 Å². The van der Waals surface area contributed by atoms with Crippen LogP contribution in [0, 0.1) is 35.5 Å². The van der Waals surface area contributed by atoms with E-state index >= 15 is 0 Å². The lowest BCUT2D eigenvalue weighted by molar-refractivity contribution is -0.141. The summed E-state index contributed by atoms with van der Waals surface area (Å²) in [5.41, 5.74) is 0. The zero-order chi connectivity index (χ0) is 19.2. The van der Waals surface area contributed by atoms with Crippen LogP contribution < -0.4 is 0 Å². The molecule has 0 amide bonds. The molecule has 138 valence electrons. The van der Waals surface area contributed by atoms with Gasteiger partial charge in [-0.2, -0.15) is 0 Å². The number of hydrogen-bond donors (Lipinski definition) is 0. The third-order valence-electron chi connectivity index (χ3n) is 4.48. The molecule has 4 nitrogen and oxygen atoms in total. The van der Waals surface area contributed by atoms with E-state index in [1.165, 1.54) is 0 Å². The first kappa shape index (κ1) is 22.7. The summed E-state index contributed by atoms with van der Waals surface area (Å²) in [6.45, 7) is 14.3. The lowest BCUT2D eigenvalue weighted by Crippen LogP contribution is -2.38. The summed E-state index contributed by atoms with van der Waals surface area (Å²) in [6, 6.07) is 0. The van der Waals surface area contributed by atoms with Crippen molar-refractivity contribution in [3.8, 4) is 0 Å². The van der Waals surface area contributed by atoms with E-state index in [4.69, 9.17) is 0 Å². The zero-order valence-corrected chi connectivity index (χ0v) is 16.5. The molecular weight excluding hydrogens is 304 g/mol. The number of carbonyl (C=O) groups is 4. The Morgan fingerprint density at radius 1 is 0.500 bits per heavy atom. The Bertz CT molecular complexity index is 428. The Morgan fingerprint density at radius 3 is 0.917 bits per heavy atom. The summed E-state index contributed by atoms with van der Waals surface area (Å²) in [5, 5.41) is 0. The molecular formula is C20H34O4. The molecule has 4 heteroatoms. The molecule has 0 saturated heterocycles. The van der Waals surface area contributed by atoms with Crippen LogP contribution in [0.15, 0.2) is 0 Å². The van der Waals surface area contributed by atoms with Gasteiger partial charge in [0.2, 0.25) is 0 Å². The van der Waals surface area contributed by atoms with Gasteiger partial charge in [-0.25, -0.2) is 0 Å². The lowest BCUT2D eigenvalue weighted by Gasteiger charge is -2.28. The highest BCUT2D eigenvalue weighted by Gasteiger charge is 2.38. The van der Waals surface area contributed by atoms with Gasteiger partial charge < -0.3 is 0 Å². The standard InChI is InChI=1S/C20H34O4/c1-11(2)17(21)9-15(19(23)13(5)6)16(20(24)14(7)8)10-18(22)12(3)4/h11-16H,9-10H2,1-8H3. The number of rotatable bonds is 11. The van der Waals surface area contributed by atoms with Crippen molar-refractivity contribution in [2.45, 2.75) is 68.2 Å². The van der Waals surface area contributed by atoms with Crippen molar-refractivity contribution in [3.05, 3.63) is 0 Å². The van der Waals surface area contributed by atoms with Gasteiger partial charge in [0.15, 0.2) is 0 Å². The van der Waals surface area contributed by atoms with E-state index in [9.17, 15) is 19.2 Å². The molecule has 0 aliphatic heterocycles. The normalized spacial score (nSPS) is 14.3. The molecule has 0 N–H and O–H groups in total. The maximum atomic E-state index is 12.7. The molecule has 0 aromatic heterocycles. The first-order chi connectivity index (χ1) is 10.9. The van der Waals surface area contributed by atoms with E-state index in [2.05, 4.69) is 0 Å². The Morgan fingerprint density at radius 2 is 0.750 bits per heavy atom. The maximum Gasteiger partial charge on any atom is 0.139 e. The summed E-state index contributed by atoms with van der Waals surface area (Å²) in [7, 11) is 0. The number of ketones is 4. The largest absolute Gasteiger partial charge is 0.299 e. The molecule has 2 unspecified atom stereocenters. The highest BCUT2D eigenvalue weighted by Crippen LogP contribution is 2.29. The lowest BCUT2D eigenvalue weighted by atomic mass is 9.73. The quantitative estimate of drug-likeness (QED) is 0.573. The van der Waals surface area contributed by atoms with Crippen molar-refractivity contribution >= 4 is 23.1 Å². The molecule has 0 rings (SSSR count). The fourth-order valence-electron chi connectivity index (χ4n) is 2.64. The van der Waals surface area contributed by atoms with E-state index in [0.717, 1.165) is 0 Å². The molecule has 0 saturated carbocycles. The summed E-state index contributed by atoms with van der Waals surface area (Å²) in [5.74, 6) is -2.58. The summed E-state index contributed by atoms with van der Waals surface area (Å²) in [4.78, 5) is 49.9. The van der Waals surface area contributed by atoms with Crippen LogP contribution in [0.1, 0.15) is 68.2 Å². The van der Waals surface area contributed by atoms with E-state index in [0.29, 0.717) is 0 Å². The summed E-state index contributed by atoms with van der Waals surface area (Å²) >= 11 is 0. The van der Waals surface area contributed by atoms with Gasteiger partial charge in [0.05, 0.1) is 0 Å². The molecule has 0 aliphatic rings. The number of carbonyl (C=O) groups excluding carboxylic acids is 4. The van der Waals surface area contributed by atoms with Crippen LogP contribution in [-0.4, -0.2) is 23.1 Å². The average molecular weight is 338 g/mol.